The predicted molar refractivity (Wildman–Crippen MR) is 108 cm³/mol. The molecule has 0 unspecified atom stereocenters. The summed E-state index contributed by atoms with van der Waals surface area (Å²) in [5.41, 5.74) is 3.02. The molecule has 0 fully saturated rings. The second-order valence-electron chi connectivity index (χ2n) is 6.78. The third-order valence-electron chi connectivity index (χ3n) is 4.66. The molecule has 0 aliphatic carbocycles. The lowest BCUT2D eigenvalue weighted by Gasteiger charge is -2.38. The number of ether oxygens (including phenoxy) is 1. The molecule has 0 bridgehead atoms. The van der Waals surface area contributed by atoms with Crippen LogP contribution >= 0.6 is 11.3 Å². The highest BCUT2D eigenvalue weighted by Gasteiger charge is 2.29. The average Bonchev–Trinajstić information content (AvgIpc) is 3.18. The Labute approximate surface area is 166 Å². The zero-order valence-electron chi connectivity index (χ0n) is 15.4. The Hall–Kier alpha value is -2.93. The maximum Gasteiger partial charge on any atom is 0.228 e. The number of aryl methyl sites for hydroxylation is 1. The zero-order valence-corrected chi connectivity index (χ0v) is 16.2. The van der Waals surface area contributed by atoms with Crippen molar-refractivity contribution in [3.63, 3.8) is 0 Å². The van der Waals surface area contributed by atoms with Gasteiger partial charge in [0.25, 0.3) is 0 Å². The summed E-state index contributed by atoms with van der Waals surface area (Å²) in [5, 5.41) is 5.24. The number of hydrogen-bond acceptors (Lipinski definition) is 5. The van der Waals surface area contributed by atoms with Crippen molar-refractivity contribution in [2.24, 2.45) is 0 Å². The van der Waals surface area contributed by atoms with Crippen LogP contribution in [0.4, 0.5) is 15.2 Å². The van der Waals surface area contributed by atoms with Gasteiger partial charge in [0.2, 0.25) is 5.91 Å². The maximum absolute atomic E-state index is 13.3. The van der Waals surface area contributed by atoms with E-state index in [2.05, 4.69) is 15.2 Å². The van der Waals surface area contributed by atoms with Crippen LogP contribution in [0.3, 0.4) is 0 Å². The first kappa shape index (κ1) is 18.4. The second-order valence-corrected chi connectivity index (χ2v) is 7.67. The van der Waals surface area contributed by atoms with Crippen molar-refractivity contribution >= 4 is 28.1 Å². The van der Waals surface area contributed by atoms with Gasteiger partial charge in [-0.15, -0.1) is 11.3 Å². The van der Waals surface area contributed by atoms with Crippen molar-refractivity contribution in [3.05, 3.63) is 71.0 Å². The van der Waals surface area contributed by atoms with Crippen LogP contribution in [0.5, 0.6) is 5.75 Å². The molecule has 0 radical (unpaired) electrons. The molecule has 5 nitrogen and oxygen atoms in total. The minimum absolute atomic E-state index is 0.108. The number of anilines is 2. The van der Waals surface area contributed by atoms with Gasteiger partial charge in [0.05, 0.1) is 18.2 Å². The van der Waals surface area contributed by atoms with Gasteiger partial charge in [-0.2, -0.15) is 0 Å². The van der Waals surface area contributed by atoms with Crippen LogP contribution in [0, 0.1) is 12.7 Å². The lowest BCUT2D eigenvalue weighted by atomic mass is 10.1. The minimum atomic E-state index is -0.263. The number of amides is 1. The Bertz CT molecular complexity index is 960. The number of nitrogens with zero attached hydrogens (tertiary/aromatic N) is 2. The highest BCUT2D eigenvalue weighted by atomic mass is 32.1. The van der Waals surface area contributed by atoms with Gasteiger partial charge in [-0.3, -0.25) is 4.79 Å². The van der Waals surface area contributed by atoms with E-state index in [1.807, 2.05) is 30.5 Å². The molecule has 1 N–H and O–H groups in total. The van der Waals surface area contributed by atoms with E-state index >= 15 is 0 Å². The molecule has 7 heteroatoms. The summed E-state index contributed by atoms with van der Waals surface area (Å²) in [6.45, 7) is 2.99. The fourth-order valence-corrected chi connectivity index (χ4v) is 3.83. The molecule has 3 aromatic rings. The molecule has 0 spiro atoms. The van der Waals surface area contributed by atoms with E-state index < -0.39 is 0 Å². The quantitative estimate of drug-likeness (QED) is 0.694. The standard InChI is InChI=1S/C21H20FN3O2S/c1-14-2-7-18-19(10-14)27-13-17(11-20(26)24-21-23-8-9-28-21)25(18)12-15-3-5-16(22)6-4-15/h2-10,17H,11-13H2,1H3,(H,23,24,26)/t17-/m1/s1. The lowest BCUT2D eigenvalue weighted by Crippen LogP contribution is -2.44. The molecule has 1 aliphatic heterocycles. The van der Waals surface area contributed by atoms with E-state index in [9.17, 15) is 9.18 Å². The number of benzene rings is 2. The smallest absolute Gasteiger partial charge is 0.228 e. The lowest BCUT2D eigenvalue weighted by molar-refractivity contribution is -0.116. The summed E-state index contributed by atoms with van der Waals surface area (Å²) in [6, 6.07) is 12.3. The molecule has 1 aliphatic rings. The van der Waals surface area contributed by atoms with E-state index in [0.717, 1.165) is 22.6 Å². The molecule has 4 rings (SSSR count). The monoisotopic (exact) mass is 397 g/mol. The van der Waals surface area contributed by atoms with Crippen LogP contribution < -0.4 is 15.0 Å². The van der Waals surface area contributed by atoms with Crippen molar-refractivity contribution in [2.45, 2.75) is 25.9 Å². The molecule has 1 atom stereocenters. The molecular weight excluding hydrogens is 377 g/mol. The van der Waals surface area contributed by atoms with E-state index in [0.29, 0.717) is 18.3 Å². The van der Waals surface area contributed by atoms with E-state index in [4.69, 9.17) is 4.74 Å². The van der Waals surface area contributed by atoms with Gasteiger partial charge < -0.3 is 15.0 Å². The van der Waals surface area contributed by atoms with Crippen molar-refractivity contribution in [2.75, 3.05) is 16.8 Å². The predicted octanol–water partition coefficient (Wildman–Crippen LogP) is 4.39. The topological polar surface area (TPSA) is 54.5 Å². The summed E-state index contributed by atoms with van der Waals surface area (Å²) in [7, 11) is 0. The van der Waals surface area contributed by atoms with E-state index in [-0.39, 0.29) is 24.2 Å². The largest absolute Gasteiger partial charge is 0.489 e. The van der Waals surface area contributed by atoms with E-state index in [1.54, 1.807) is 18.3 Å². The Morgan fingerprint density at radius 3 is 2.89 bits per heavy atom. The highest BCUT2D eigenvalue weighted by molar-refractivity contribution is 7.13. The number of carbonyl (C=O) groups excluding carboxylic acids is 1. The van der Waals surface area contributed by atoms with Crippen LogP contribution in [-0.2, 0) is 11.3 Å². The van der Waals surface area contributed by atoms with Crippen LogP contribution in [0.15, 0.2) is 54.0 Å². The van der Waals surface area contributed by atoms with Crippen LogP contribution in [0.2, 0.25) is 0 Å². The molecule has 28 heavy (non-hydrogen) atoms. The molecular formula is C21H20FN3O2S. The van der Waals surface area contributed by atoms with Crippen molar-refractivity contribution in [1.29, 1.82) is 0 Å². The first-order valence-corrected chi connectivity index (χ1v) is 9.90. The van der Waals surface area contributed by atoms with Crippen LogP contribution in [-0.4, -0.2) is 23.5 Å². The summed E-state index contributed by atoms with van der Waals surface area (Å²) in [4.78, 5) is 18.8. The van der Waals surface area contributed by atoms with Crippen LogP contribution in [0.25, 0.3) is 0 Å². The second kappa shape index (κ2) is 7.98. The molecule has 0 saturated carbocycles. The number of aromatic nitrogens is 1. The minimum Gasteiger partial charge on any atom is -0.489 e. The zero-order chi connectivity index (χ0) is 19.5. The van der Waals surface area contributed by atoms with Gasteiger partial charge in [-0.05, 0) is 42.3 Å². The maximum atomic E-state index is 13.3. The van der Waals surface area contributed by atoms with Gasteiger partial charge >= 0.3 is 0 Å². The Morgan fingerprint density at radius 1 is 1.32 bits per heavy atom. The summed E-state index contributed by atoms with van der Waals surface area (Å²) < 4.78 is 19.2. The Balaban J connectivity index is 1.57. The van der Waals surface area contributed by atoms with Crippen molar-refractivity contribution in [3.8, 4) is 5.75 Å². The first-order chi connectivity index (χ1) is 13.6. The average molecular weight is 397 g/mol. The van der Waals surface area contributed by atoms with Gasteiger partial charge in [0.1, 0.15) is 18.2 Å². The summed E-state index contributed by atoms with van der Waals surface area (Å²) in [5.74, 6) is 0.433. The number of fused-ring (bicyclic) bond motifs is 1. The number of rotatable bonds is 5. The van der Waals surface area contributed by atoms with Gasteiger partial charge in [0.15, 0.2) is 5.13 Å². The third kappa shape index (κ3) is 4.14. The molecule has 1 aromatic heterocycles. The molecule has 1 amide bonds. The normalized spacial score (nSPS) is 15.6. The van der Waals surface area contributed by atoms with Gasteiger partial charge in [0, 0.05) is 18.1 Å². The number of halogens is 1. The molecule has 0 saturated heterocycles. The fourth-order valence-electron chi connectivity index (χ4n) is 3.29. The summed E-state index contributed by atoms with van der Waals surface area (Å²) >= 11 is 1.38. The molecule has 144 valence electrons. The third-order valence-corrected chi connectivity index (χ3v) is 5.35. The molecule has 2 heterocycles. The number of hydrogen-bond donors (Lipinski definition) is 1. The highest BCUT2D eigenvalue weighted by Crippen LogP contribution is 2.36. The van der Waals surface area contributed by atoms with Gasteiger partial charge in [-0.25, -0.2) is 9.37 Å². The summed E-state index contributed by atoms with van der Waals surface area (Å²) in [6.07, 6.45) is 1.93. The number of thiazole rings is 1. The number of carbonyl (C=O) groups is 1. The Morgan fingerprint density at radius 2 is 2.14 bits per heavy atom. The van der Waals surface area contributed by atoms with Crippen LogP contribution in [0.1, 0.15) is 17.5 Å². The first-order valence-electron chi connectivity index (χ1n) is 9.02. The van der Waals surface area contributed by atoms with Crippen molar-refractivity contribution < 1.29 is 13.9 Å². The Kier molecular flexibility index (Phi) is 5.25. The van der Waals surface area contributed by atoms with E-state index in [1.165, 1.54) is 23.5 Å². The number of nitrogens with one attached hydrogen (secondary N) is 1. The van der Waals surface area contributed by atoms with Gasteiger partial charge in [-0.1, -0.05) is 18.2 Å². The SMILES string of the molecule is Cc1ccc2c(c1)OC[C@@H](CC(=O)Nc1nccs1)N2Cc1ccc(F)cc1. The fraction of sp³-hybridized carbons (Fsp3) is 0.238. The van der Waals surface area contributed by atoms with Crippen molar-refractivity contribution in [1.82, 2.24) is 4.98 Å². The molecule has 2 aromatic carbocycles.